The molecule has 0 aliphatic carbocycles. The fourth-order valence-electron chi connectivity index (χ4n) is 2.62. The van der Waals surface area contributed by atoms with Gasteiger partial charge in [-0.15, -0.1) is 5.10 Å². The quantitative estimate of drug-likeness (QED) is 0.743. The normalized spacial score (nSPS) is 10.5. The monoisotopic (exact) mass is 337 g/mol. The minimum atomic E-state index is -0.166. The Morgan fingerprint density at radius 2 is 1.92 bits per heavy atom. The number of methoxy groups -OCH3 is 1. The molecule has 0 bridgehead atoms. The number of aromatic nitrogens is 4. The molecule has 0 atom stereocenters. The van der Waals surface area contributed by atoms with Gasteiger partial charge < -0.3 is 10.1 Å². The molecule has 7 heteroatoms. The van der Waals surface area contributed by atoms with Crippen LogP contribution in [0.15, 0.2) is 48.5 Å². The van der Waals surface area contributed by atoms with E-state index in [1.54, 1.807) is 24.8 Å². The highest BCUT2D eigenvalue weighted by Gasteiger charge is 2.14. The lowest BCUT2D eigenvalue weighted by molar-refractivity contribution is 0.0954. The van der Waals surface area contributed by atoms with Crippen LogP contribution in [0.4, 0.5) is 0 Å². The van der Waals surface area contributed by atoms with Gasteiger partial charge in [0.2, 0.25) is 0 Å². The number of hydrogen-bond acceptors (Lipinski definition) is 5. The third kappa shape index (κ3) is 3.65. The van der Waals surface area contributed by atoms with Gasteiger partial charge in [0, 0.05) is 6.54 Å². The summed E-state index contributed by atoms with van der Waals surface area (Å²) in [6, 6.07) is 15.0. The lowest BCUT2D eigenvalue weighted by atomic mass is 10.1. The first kappa shape index (κ1) is 16.6. The summed E-state index contributed by atoms with van der Waals surface area (Å²) in [7, 11) is 1.64. The first-order valence-corrected chi connectivity index (χ1v) is 7.95. The summed E-state index contributed by atoms with van der Waals surface area (Å²) in [5.41, 5.74) is 2.23. The lowest BCUT2D eigenvalue weighted by Gasteiger charge is -2.11. The zero-order chi connectivity index (χ0) is 17.6. The Morgan fingerprint density at radius 3 is 2.68 bits per heavy atom. The molecule has 0 spiro atoms. The van der Waals surface area contributed by atoms with Crippen LogP contribution in [0.2, 0.25) is 0 Å². The number of tetrazole rings is 1. The summed E-state index contributed by atoms with van der Waals surface area (Å²) >= 11 is 0. The standard InChI is InChI=1S/C18H19N5O2/c1-13-20-21-22-23(13)16-9-5-4-8-15(16)18(24)19-12-11-14-7-3-6-10-17(14)25-2/h3-10H,11-12H2,1-2H3,(H,19,24). The predicted octanol–water partition coefficient (Wildman–Crippen LogP) is 1.95. The predicted molar refractivity (Wildman–Crippen MR) is 92.9 cm³/mol. The molecule has 0 saturated heterocycles. The largest absolute Gasteiger partial charge is 0.496 e. The molecule has 1 heterocycles. The van der Waals surface area contributed by atoms with Crippen molar-refractivity contribution in [1.29, 1.82) is 0 Å². The number of ether oxygens (including phenoxy) is 1. The molecule has 0 saturated carbocycles. The number of para-hydroxylation sites is 2. The van der Waals surface area contributed by atoms with Crippen LogP contribution in [0.1, 0.15) is 21.7 Å². The van der Waals surface area contributed by atoms with Gasteiger partial charge in [0.05, 0.1) is 18.4 Å². The van der Waals surface area contributed by atoms with Gasteiger partial charge in [-0.05, 0) is 47.5 Å². The van der Waals surface area contributed by atoms with E-state index in [4.69, 9.17) is 4.74 Å². The number of amides is 1. The summed E-state index contributed by atoms with van der Waals surface area (Å²) in [4.78, 5) is 12.6. The van der Waals surface area contributed by atoms with Crippen molar-refractivity contribution in [3.63, 3.8) is 0 Å². The topological polar surface area (TPSA) is 81.9 Å². The highest BCUT2D eigenvalue weighted by atomic mass is 16.5. The number of carbonyl (C=O) groups excluding carboxylic acids is 1. The van der Waals surface area contributed by atoms with Crippen LogP contribution in [-0.2, 0) is 6.42 Å². The maximum atomic E-state index is 12.6. The highest BCUT2D eigenvalue weighted by Crippen LogP contribution is 2.18. The Bertz CT molecular complexity index is 875. The molecule has 128 valence electrons. The zero-order valence-corrected chi connectivity index (χ0v) is 14.1. The molecule has 0 aliphatic rings. The molecule has 1 N–H and O–H groups in total. The van der Waals surface area contributed by atoms with E-state index < -0.39 is 0 Å². The van der Waals surface area contributed by atoms with Crippen LogP contribution >= 0.6 is 0 Å². The molecule has 25 heavy (non-hydrogen) atoms. The molecular weight excluding hydrogens is 318 g/mol. The summed E-state index contributed by atoms with van der Waals surface area (Å²) in [5, 5.41) is 14.4. The van der Waals surface area contributed by atoms with Crippen LogP contribution in [0.3, 0.4) is 0 Å². The zero-order valence-electron chi connectivity index (χ0n) is 14.1. The van der Waals surface area contributed by atoms with Crippen LogP contribution in [0.5, 0.6) is 5.75 Å². The number of aryl methyl sites for hydroxylation is 1. The molecular formula is C18H19N5O2. The maximum Gasteiger partial charge on any atom is 0.253 e. The summed E-state index contributed by atoms with van der Waals surface area (Å²) in [5.74, 6) is 1.27. The van der Waals surface area contributed by atoms with Crippen molar-refractivity contribution in [3.8, 4) is 11.4 Å². The van der Waals surface area contributed by atoms with E-state index in [0.29, 0.717) is 30.0 Å². The van der Waals surface area contributed by atoms with Gasteiger partial charge in [-0.2, -0.15) is 4.68 Å². The Kier molecular flexibility index (Phi) is 5.03. The Labute approximate surface area is 145 Å². The van der Waals surface area contributed by atoms with Gasteiger partial charge >= 0.3 is 0 Å². The van der Waals surface area contributed by atoms with Crippen LogP contribution in [0, 0.1) is 6.92 Å². The van der Waals surface area contributed by atoms with Gasteiger partial charge in [0.15, 0.2) is 5.82 Å². The van der Waals surface area contributed by atoms with Crippen LogP contribution < -0.4 is 10.1 Å². The van der Waals surface area contributed by atoms with E-state index in [1.165, 1.54) is 0 Å². The van der Waals surface area contributed by atoms with Crippen molar-refractivity contribution in [2.45, 2.75) is 13.3 Å². The minimum Gasteiger partial charge on any atom is -0.496 e. The van der Waals surface area contributed by atoms with Crippen molar-refractivity contribution in [2.24, 2.45) is 0 Å². The smallest absolute Gasteiger partial charge is 0.253 e. The Hall–Kier alpha value is -3.22. The van der Waals surface area contributed by atoms with Crippen LogP contribution in [-0.4, -0.2) is 39.8 Å². The van der Waals surface area contributed by atoms with E-state index in [9.17, 15) is 4.79 Å². The number of hydrogen-bond donors (Lipinski definition) is 1. The molecule has 1 amide bonds. The Morgan fingerprint density at radius 1 is 1.16 bits per heavy atom. The first-order chi connectivity index (χ1) is 12.2. The van der Waals surface area contributed by atoms with Gasteiger partial charge in [-0.25, -0.2) is 0 Å². The maximum absolute atomic E-state index is 12.6. The summed E-state index contributed by atoms with van der Waals surface area (Å²) in [6.45, 7) is 2.29. The van der Waals surface area contributed by atoms with Crippen molar-refractivity contribution in [1.82, 2.24) is 25.5 Å². The second kappa shape index (κ2) is 7.57. The third-order valence-electron chi connectivity index (χ3n) is 3.87. The van der Waals surface area contributed by atoms with Gasteiger partial charge in [-0.1, -0.05) is 30.3 Å². The SMILES string of the molecule is COc1ccccc1CCNC(=O)c1ccccc1-n1nnnc1C. The fourth-order valence-corrected chi connectivity index (χ4v) is 2.62. The molecule has 0 fully saturated rings. The average Bonchev–Trinajstić information content (AvgIpc) is 3.08. The molecule has 7 nitrogen and oxygen atoms in total. The third-order valence-corrected chi connectivity index (χ3v) is 3.87. The number of nitrogens with one attached hydrogen (secondary N) is 1. The van der Waals surface area contributed by atoms with E-state index in [-0.39, 0.29) is 5.91 Å². The van der Waals surface area contributed by atoms with Crippen LogP contribution in [0.25, 0.3) is 5.69 Å². The van der Waals surface area contributed by atoms with E-state index in [0.717, 1.165) is 11.3 Å². The number of benzene rings is 2. The average molecular weight is 337 g/mol. The lowest BCUT2D eigenvalue weighted by Crippen LogP contribution is -2.27. The van der Waals surface area contributed by atoms with E-state index in [1.807, 2.05) is 42.5 Å². The molecule has 1 aromatic heterocycles. The second-order valence-corrected chi connectivity index (χ2v) is 5.47. The Balaban J connectivity index is 1.71. The van der Waals surface area contributed by atoms with Crippen molar-refractivity contribution in [3.05, 3.63) is 65.5 Å². The number of nitrogens with zero attached hydrogens (tertiary/aromatic N) is 4. The van der Waals surface area contributed by atoms with Crippen molar-refractivity contribution < 1.29 is 9.53 Å². The molecule has 2 aromatic carbocycles. The van der Waals surface area contributed by atoms with Crippen molar-refractivity contribution >= 4 is 5.91 Å². The number of rotatable bonds is 6. The molecule has 0 unspecified atom stereocenters. The van der Waals surface area contributed by atoms with Gasteiger partial charge in [0.25, 0.3) is 5.91 Å². The molecule has 3 rings (SSSR count). The minimum absolute atomic E-state index is 0.166. The highest BCUT2D eigenvalue weighted by molar-refractivity contribution is 5.97. The van der Waals surface area contributed by atoms with Crippen molar-refractivity contribution in [2.75, 3.05) is 13.7 Å². The fraction of sp³-hybridized carbons (Fsp3) is 0.222. The van der Waals surface area contributed by atoms with E-state index in [2.05, 4.69) is 20.8 Å². The summed E-state index contributed by atoms with van der Waals surface area (Å²) in [6.07, 6.45) is 0.682. The second-order valence-electron chi connectivity index (χ2n) is 5.47. The first-order valence-electron chi connectivity index (χ1n) is 7.95. The molecule has 3 aromatic rings. The molecule has 0 radical (unpaired) electrons. The summed E-state index contributed by atoms with van der Waals surface area (Å²) < 4.78 is 6.88. The van der Waals surface area contributed by atoms with Gasteiger partial charge in [-0.3, -0.25) is 4.79 Å². The van der Waals surface area contributed by atoms with E-state index >= 15 is 0 Å². The number of carbonyl (C=O) groups is 1. The molecule has 0 aliphatic heterocycles. The van der Waals surface area contributed by atoms with Gasteiger partial charge in [0.1, 0.15) is 5.75 Å².